The van der Waals surface area contributed by atoms with Crippen molar-refractivity contribution in [2.45, 2.75) is 19.8 Å². The Bertz CT molecular complexity index is 839. The molecule has 8 heteroatoms. The van der Waals surface area contributed by atoms with Gasteiger partial charge in [0.2, 0.25) is 0 Å². The van der Waals surface area contributed by atoms with Crippen LogP contribution in [0.3, 0.4) is 0 Å². The van der Waals surface area contributed by atoms with Gasteiger partial charge in [0.15, 0.2) is 5.13 Å². The molecule has 2 heterocycles. The van der Waals surface area contributed by atoms with E-state index in [0.717, 1.165) is 23.1 Å². The number of amides is 2. The highest BCUT2D eigenvalue weighted by molar-refractivity contribution is 7.16. The minimum absolute atomic E-state index is 0.302. The summed E-state index contributed by atoms with van der Waals surface area (Å²) in [5.41, 5.74) is 1.41. The topological polar surface area (TPSA) is 76.1 Å². The fourth-order valence-electron chi connectivity index (χ4n) is 2.08. The second-order valence-corrected chi connectivity index (χ2v) is 7.28. The number of hydrogen-bond donors (Lipinski definition) is 2. The SMILES string of the molecule is Cc1nc(NC(=O)NCCOCC2CC2)sc1C#Cc1cccnc1Cl. The molecule has 136 valence electrons. The molecule has 0 saturated heterocycles. The highest BCUT2D eigenvalue weighted by Gasteiger charge is 2.20. The Labute approximate surface area is 161 Å². The van der Waals surface area contributed by atoms with E-state index in [1.165, 1.54) is 24.2 Å². The lowest BCUT2D eigenvalue weighted by Crippen LogP contribution is -2.31. The van der Waals surface area contributed by atoms with Crippen LogP contribution in [0.2, 0.25) is 5.15 Å². The molecule has 2 amide bonds. The summed E-state index contributed by atoms with van der Waals surface area (Å²) >= 11 is 7.31. The third-order valence-corrected chi connectivity index (χ3v) is 4.96. The molecule has 0 bridgehead atoms. The highest BCUT2D eigenvalue weighted by atomic mass is 35.5. The monoisotopic (exact) mass is 390 g/mol. The second-order valence-electron chi connectivity index (χ2n) is 5.92. The predicted molar refractivity (Wildman–Crippen MR) is 103 cm³/mol. The van der Waals surface area contributed by atoms with E-state index in [2.05, 4.69) is 32.4 Å². The Kier molecular flexibility index (Phi) is 6.45. The van der Waals surface area contributed by atoms with Crippen molar-refractivity contribution < 1.29 is 9.53 Å². The zero-order valence-corrected chi connectivity index (χ0v) is 15.9. The second kappa shape index (κ2) is 8.99. The molecule has 2 aromatic rings. The molecular formula is C18H19ClN4O2S. The van der Waals surface area contributed by atoms with Crippen LogP contribution in [0.4, 0.5) is 9.93 Å². The predicted octanol–water partition coefficient (Wildman–Crippen LogP) is 3.45. The molecule has 0 radical (unpaired) electrons. The standard InChI is InChI=1S/C18H19ClN4O2S/c1-12-15(7-6-14-3-2-8-20-16(14)19)26-18(22-12)23-17(24)21-9-10-25-11-13-4-5-13/h2-3,8,13H,4-5,9-11H2,1H3,(H2,21,22,23,24). The van der Waals surface area contributed by atoms with Gasteiger partial charge in [-0.3, -0.25) is 5.32 Å². The summed E-state index contributed by atoms with van der Waals surface area (Å²) < 4.78 is 5.48. The van der Waals surface area contributed by atoms with E-state index in [-0.39, 0.29) is 6.03 Å². The summed E-state index contributed by atoms with van der Waals surface area (Å²) in [4.78, 5) is 21.0. The molecule has 1 aliphatic carbocycles. The first-order chi connectivity index (χ1) is 12.6. The van der Waals surface area contributed by atoms with Crippen LogP contribution in [0.1, 0.15) is 29.0 Å². The van der Waals surface area contributed by atoms with E-state index >= 15 is 0 Å². The number of rotatable bonds is 6. The average Bonchev–Trinajstić information content (AvgIpc) is 3.37. The first kappa shape index (κ1) is 18.6. The van der Waals surface area contributed by atoms with Gasteiger partial charge in [0, 0.05) is 19.3 Å². The quantitative estimate of drug-likeness (QED) is 0.450. The number of thiazole rings is 1. The van der Waals surface area contributed by atoms with Gasteiger partial charge in [-0.15, -0.1) is 0 Å². The van der Waals surface area contributed by atoms with E-state index in [1.54, 1.807) is 18.3 Å². The molecular weight excluding hydrogens is 372 g/mol. The maximum absolute atomic E-state index is 11.9. The number of halogens is 1. The number of nitrogens with zero attached hydrogens (tertiary/aromatic N) is 2. The molecule has 0 aliphatic heterocycles. The van der Waals surface area contributed by atoms with E-state index in [1.807, 2.05) is 6.92 Å². The molecule has 1 aliphatic rings. The molecule has 0 atom stereocenters. The van der Waals surface area contributed by atoms with E-state index < -0.39 is 0 Å². The van der Waals surface area contributed by atoms with Crippen molar-refractivity contribution in [3.63, 3.8) is 0 Å². The van der Waals surface area contributed by atoms with Crippen molar-refractivity contribution >= 4 is 34.1 Å². The van der Waals surface area contributed by atoms with Crippen LogP contribution >= 0.6 is 22.9 Å². The first-order valence-corrected chi connectivity index (χ1v) is 9.54. The third kappa shape index (κ3) is 5.70. The van der Waals surface area contributed by atoms with Crippen LogP contribution in [0.5, 0.6) is 0 Å². The summed E-state index contributed by atoms with van der Waals surface area (Å²) in [6.07, 6.45) is 4.13. The summed E-state index contributed by atoms with van der Waals surface area (Å²) in [6, 6.07) is 3.28. The number of pyridine rings is 1. The number of nitrogens with one attached hydrogen (secondary N) is 2. The van der Waals surface area contributed by atoms with Gasteiger partial charge in [0.25, 0.3) is 0 Å². The van der Waals surface area contributed by atoms with Gasteiger partial charge < -0.3 is 10.1 Å². The first-order valence-electron chi connectivity index (χ1n) is 8.34. The number of aromatic nitrogens is 2. The normalized spacial score (nSPS) is 13.0. The number of aryl methyl sites for hydroxylation is 1. The number of carbonyl (C=O) groups is 1. The van der Waals surface area contributed by atoms with Crippen LogP contribution < -0.4 is 10.6 Å². The third-order valence-electron chi connectivity index (χ3n) is 3.67. The van der Waals surface area contributed by atoms with Gasteiger partial charge in [-0.05, 0) is 43.7 Å². The Morgan fingerprint density at radius 1 is 1.46 bits per heavy atom. The number of ether oxygens (including phenoxy) is 1. The van der Waals surface area contributed by atoms with Gasteiger partial charge in [-0.2, -0.15) is 0 Å². The van der Waals surface area contributed by atoms with Crippen molar-refractivity contribution in [2.24, 2.45) is 5.92 Å². The molecule has 3 rings (SSSR count). The van der Waals surface area contributed by atoms with Gasteiger partial charge in [0.05, 0.1) is 17.9 Å². The fourth-order valence-corrected chi connectivity index (χ4v) is 3.06. The molecule has 0 spiro atoms. The van der Waals surface area contributed by atoms with Gasteiger partial charge in [-0.25, -0.2) is 14.8 Å². The van der Waals surface area contributed by atoms with E-state index in [0.29, 0.717) is 29.0 Å². The lowest BCUT2D eigenvalue weighted by Gasteiger charge is -2.05. The molecule has 0 aromatic carbocycles. The average molecular weight is 391 g/mol. The van der Waals surface area contributed by atoms with Crippen molar-refractivity contribution in [2.75, 3.05) is 25.1 Å². The van der Waals surface area contributed by atoms with E-state index in [9.17, 15) is 4.79 Å². The van der Waals surface area contributed by atoms with Crippen LogP contribution in [-0.2, 0) is 4.74 Å². The van der Waals surface area contributed by atoms with Gasteiger partial charge in [-0.1, -0.05) is 28.9 Å². The molecule has 1 fully saturated rings. The Hall–Kier alpha value is -2.14. The molecule has 2 aromatic heterocycles. The van der Waals surface area contributed by atoms with E-state index in [4.69, 9.17) is 16.3 Å². The molecule has 2 N–H and O–H groups in total. The number of anilines is 1. The summed E-state index contributed by atoms with van der Waals surface area (Å²) in [5, 5.41) is 6.33. The molecule has 6 nitrogen and oxygen atoms in total. The minimum atomic E-state index is -0.302. The number of urea groups is 1. The maximum Gasteiger partial charge on any atom is 0.321 e. The Morgan fingerprint density at radius 3 is 3.08 bits per heavy atom. The van der Waals surface area contributed by atoms with Crippen molar-refractivity contribution in [3.8, 4) is 11.8 Å². The van der Waals surface area contributed by atoms with Gasteiger partial charge in [0.1, 0.15) is 10.0 Å². The summed E-state index contributed by atoms with van der Waals surface area (Å²) in [7, 11) is 0. The Balaban J connectivity index is 1.49. The van der Waals surface area contributed by atoms with Crippen molar-refractivity contribution in [1.29, 1.82) is 0 Å². The molecule has 0 unspecified atom stereocenters. The highest BCUT2D eigenvalue weighted by Crippen LogP contribution is 2.28. The largest absolute Gasteiger partial charge is 0.379 e. The van der Waals surface area contributed by atoms with Gasteiger partial charge >= 0.3 is 6.03 Å². The Morgan fingerprint density at radius 2 is 2.31 bits per heavy atom. The lowest BCUT2D eigenvalue weighted by molar-refractivity contribution is 0.127. The minimum Gasteiger partial charge on any atom is -0.379 e. The van der Waals surface area contributed by atoms with Crippen LogP contribution in [0.15, 0.2) is 18.3 Å². The van der Waals surface area contributed by atoms with Crippen molar-refractivity contribution in [3.05, 3.63) is 39.6 Å². The smallest absolute Gasteiger partial charge is 0.321 e. The zero-order chi connectivity index (χ0) is 18.4. The van der Waals surface area contributed by atoms with Crippen LogP contribution in [-0.4, -0.2) is 35.8 Å². The zero-order valence-electron chi connectivity index (χ0n) is 14.3. The fraction of sp³-hybridized carbons (Fsp3) is 0.389. The number of hydrogen-bond acceptors (Lipinski definition) is 5. The van der Waals surface area contributed by atoms with Crippen LogP contribution in [0.25, 0.3) is 0 Å². The van der Waals surface area contributed by atoms with Crippen LogP contribution in [0, 0.1) is 24.7 Å². The summed E-state index contributed by atoms with van der Waals surface area (Å²) in [6.45, 7) is 3.62. The number of carbonyl (C=O) groups excluding carboxylic acids is 1. The molecule has 1 saturated carbocycles. The van der Waals surface area contributed by atoms with Crippen molar-refractivity contribution in [1.82, 2.24) is 15.3 Å². The summed E-state index contributed by atoms with van der Waals surface area (Å²) in [5.74, 6) is 6.74. The lowest BCUT2D eigenvalue weighted by atomic mass is 10.3. The maximum atomic E-state index is 11.9. The molecule has 26 heavy (non-hydrogen) atoms.